The minimum absolute atomic E-state index is 0.479. The average molecular weight is 309 g/mol. The molecule has 2 nitrogen and oxygen atoms in total. The van der Waals surface area contributed by atoms with Crippen LogP contribution in [0.25, 0.3) is 0 Å². The predicted octanol–water partition coefficient (Wildman–Crippen LogP) is 3.97. The van der Waals surface area contributed by atoms with Gasteiger partial charge in [-0.15, -0.1) is 0 Å². The second-order valence-electron chi connectivity index (χ2n) is 5.88. The first-order chi connectivity index (χ1) is 10.2. The van der Waals surface area contributed by atoms with Crippen molar-refractivity contribution in [1.82, 2.24) is 10.2 Å². The van der Waals surface area contributed by atoms with Crippen LogP contribution in [0.15, 0.2) is 24.3 Å². The van der Waals surface area contributed by atoms with Crippen LogP contribution in [0.4, 0.5) is 0 Å². The van der Waals surface area contributed by atoms with E-state index in [1.807, 2.05) is 11.8 Å². The molecule has 1 aromatic carbocycles. The minimum atomic E-state index is 0.479. The van der Waals surface area contributed by atoms with Crippen molar-refractivity contribution in [3.05, 3.63) is 35.4 Å². The standard InChI is InChI=1S/C18H32N2S/c1-5-7-16-8-10-17(11-9-16)18(19-12-6-2)15-21-14-13-20(3)4/h8-11,18-19H,5-7,12-15H2,1-4H3. The predicted molar refractivity (Wildman–Crippen MR) is 97.4 cm³/mol. The van der Waals surface area contributed by atoms with Crippen LogP contribution in [-0.4, -0.2) is 43.6 Å². The molecule has 0 fully saturated rings. The highest BCUT2D eigenvalue weighted by Gasteiger charge is 2.10. The Kier molecular flexibility index (Phi) is 9.81. The molecular weight excluding hydrogens is 276 g/mol. The Morgan fingerprint density at radius 1 is 1.10 bits per heavy atom. The van der Waals surface area contributed by atoms with Gasteiger partial charge in [0.25, 0.3) is 0 Å². The van der Waals surface area contributed by atoms with Crippen molar-refractivity contribution in [3.63, 3.8) is 0 Å². The maximum Gasteiger partial charge on any atom is 0.0411 e. The lowest BCUT2D eigenvalue weighted by atomic mass is 10.0. The molecule has 0 heterocycles. The van der Waals surface area contributed by atoms with Gasteiger partial charge in [0.1, 0.15) is 0 Å². The fourth-order valence-electron chi connectivity index (χ4n) is 2.25. The van der Waals surface area contributed by atoms with Crippen LogP contribution >= 0.6 is 11.8 Å². The van der Waals surface area contributed by atoms with Crippen molar-refractivity contribution in [2.45, 2.75) is 39.2 Å². The second kappa shape index (κ2) is 11.1. The Morgan fingerprint density at radius 3 is 2.38 bits per heavy atom. The number of rotatable bonds is 11. The van der Waals surface area contributed by atoms with Gasteiger partial charge in [0, 0.05) is 24.1 Å². The van der Waals surface area contributed by atoms with Crippen LogP contribution in [0.5, 0.6) is 0 Å². The summed E-state index contributed by atoms with van der Waals surface area (Å²) in [5.41, 5.74) is 2.89. The summed E-state index contributed by atoms with van der Waals surface area (Å²) < 4.78 is 0. The molecule has 0 aliphatic heterocycles. The third-order valence-corrected chi connectivity index (χ3v) is 4.57. The lowest BCUT2D eigenvalue weighted by Gasteiger charge is -2.19. The molecule has 0 bridgehead atoms. The van der Waals surface area contributed by atoms with Gasteiger partial charge in [0.05, 0.1) is 0 Å². The smallest absolute Gasteiger partial charge is 0.0411 e. The van der Waals surface area contributed by atoms with Gasteiger partial charge in [0.15, 0.2) is 0 Å². The molecule has 1 aromatic rings. The quantitative estimate of drug-likeness (QED) is 0.623. The number of thioether (sulfide) groups is 1. The first-order valence-corrected chi connectivity index (χ1v) is 9.37. The number of nitrogens with one attached hydrogen (secondary N) is 1. The molecular formula is C18H32N2S. The van der Waals surface area contributed by atoms with Crippen molar-refractivity contribution in [2.75, 3.05) is 38.7 Å². The number of hydrogen-bond donors (Lipinski definition) is 1. The van der Waals surface area contributed by atoms with E-state index in [0.29, 0.717) is 6.04 Å². The zero-order valence-corrected chi connectivity index (χ0v) is 15.0. The van der Waals surface area contributed by atoms with Crippen LogP contribution in [-0.2, 0) is 6.42 Å². The number of benzene rings is 1. The number of nitrogens with zero attached hydrogens (tertiary/aromatic N) is 1. The Hall–Kier alpha value is -0.510. The van der Waals surface area contributed by atoms with Gasteiger partial charge in [-0.25, -0.2) is 0 Å². The summed E-state index contributed by atoms with van der Waals surface area (Å²) in [5.74, 6) is 2.35. The summed E-state index contributed by atoms with van der Waals surface area (Å²) in [6.07, 6.45) is 3.59. The zero-order chi connectivity index (χ0) is 15.5. The van der Waals surface area contributed by atoms with Crippen molar-refractivity contribution < 1.29 is 0 Å². The second-order valence-corrected chi connectivity index (χ2v) is 7.03. The Bertz CT molecular complexity index is 362. The SMILES string of the molecule is CCCNC(CSCCN(C)C)c1ccc(CCC)cc1. The maximum atomic E-state index is 3.69. The summed E-state index contributed by atoms with van der Waals surface area (Å²) in [4.78, 5) is 2.25. The average Bonchev–Trinajstić information content (AvgIpc) is 2.48. The van der Waals surface area contributed by atoms with Crippen molar-refractivity contribution in [1.29, 1.82) is 0 Å². The van der Waals surface area contributed by atoms with Crippen LogP contribution in [0.3, 0.4) is 0 Å². The van der Waals surface area contributed by atoms with Crippen molar-refractivity contribution in [3.8, 4) is 0 Å². The fraction of sp³-hybridized carbons (Fsp3) is 0.667. The van der Waals surface area contributed by atoms with Crippen LogP contribution < -0.4 is 5.32 Å². The lowest BCUT2D eigenvalue weighted by Crippen LogP contribution is -2.25. The van der Waals surface area contributed by atoms with Gasteiger partial charge < -0.3 is 10.2 Å². The van der Waals surface area contributed by atoms with E-state index in [1.165, 1.54) is 36.1 Å². The molecule has 1 rings (SSSR count). The third kappa shape index (κ3) is 7.89. The highest BCUT2D eigenvalue weighted by atomic mass is 32.2. The monoisotopic (exact) mass is 308 g/mol. The first kappa shape index (κ1) is 18.5. The van der Waals surface area contributed by atoms with Crippen LogP contribution in [0.2, 0.25) is 0 Å². The molecule has 0 radical (unpaired) electrons. The van der Waals surface area contributed by atoms with Crippen LogP contribution in [0, 0.1) is 0 Å². The zero-order valence-electron chi connectivity index (χ0n) is 14.2. The molecule has 0 saturated heterocycles. The molecule has 3 heteroatoms. The Morgan fingerprint density at radius 2 is 1.81 bits per heavy atom. The summed E-state index contributed by atoms with van der Waals surface area (Å²) in [6, 6.07) is 9.69. The molecule has 0 saturated carbocycles. The topological polar surface area (TPSA) is 15.3 Å². The van der Waals surface area contributed by atoms with Gasteiger partial charge in [-0.1, -0.05) is 44.5 Å². The number of hydrogen-bond acceptors (Lipinski definition) is 3. The van der Waals surface area contributed by atoms with Crippen LogP contribution in [0.1, 0.15) is 43.9 Å². The van der Waals surface area contributed by atoms with Crippen molar-refractivity contribution in [2.24, 2.45) is 0 Å². The summed E-state index contributed by atoms with van der Waals surface area (Å²) >= 11 is 2.05. The number of aryl methyl sites for hydroxylation is 1. The molecule has 0 aromatic heterocycles. The van der Waals surface area contributed by atoms with E-state index in [0.717, 1.165) is 18.8 Å². The minimum Gasteiger partial charge on any atom is -0.309 e. The largest absolute Gasteiger partial charge is 0.309 e. The third-order valence-electron chi connectivity index (χ3n) is 3.53. The highest BCUT2D eigenvalue weighted by molar-refractivity contribution is 7.99. The van der Waals surface area contributed by atoms with Gasteiger partial charge >= 0.3 is 0 Å². The van der Waals surface area contributed by atoms with Crippen molar-refractivity contribution >= 4 is 11.8 Å². The molecule has 0 spiro atoms. The summed E-state index contributed by atoms with van der Waals surface area (Å²) in [7, 11) is 4.28. The molecule has 0 aliphatic rings. The van der Waals surface area contributed by atoms with E-state index in [4.69, 9.17) is 0 Å². The maximum absolute atomic E-state index is 3.69. The van der Waals surface area contributed by atoms with Gasteiger partial charge in [-0.2, -0.15) is 11.8 Å². The van der Waals surface area contributed by atoms with E-state index in [1.54, 1.807) is 0 Å². The summed E-state index contributed by atoms with van der Waals surface area (Å²) in [6.45, 7) is 6.71. The first-order valence-electron chi connectivity index (χ1n) is 8.22. The van der Waals surface area contributed by atoms with Gasteiger partial charge in [-0.05, 0) is 44.6 Å². The normalized spacial score (nSPS) is 12.8. The van der Waals surface area contributed by atoms with E-state index in [-0.39, 0.29) is 0 Å². The molecule has 21 heavy (non-hydrogen) atoms. The summed E-state index contributed by atoms with van der Waals surface area (Å²) in [5, 5.41) is 3.69. The molecule has 1 atom stereocenters. The molecule has 0 aliphatic carbocycles. The lowest BCUT2D eigenvalue weighted by molar-refractivity contribution is 0.437. The Labute approximate surface area is 135 Å². The van der Waals surface area contributed by atoms with E-state index in [9.17, 15) is 0 Å². The molecule has 1 N–H and O–H groups in total. The Balaban J connectivity index is 2.54. The highest BCUT2D eigenvalue weighted by Crippen LogP contribution is 2.19. The van der Waals surface area contributed by atoms with E-state index >= 15 is 0 Å². The van der Waals surface area contributed by atoms with E-state index < -0.39 is 0 Å². The molecule has 1 unspecified atom stereocenters. The fourth-order valence-corrected chi connectivity index (χ4v) is 3.45. The molecule has 0 amide bonds. The van der Waals surface area contributed by atoms with Gasteiger partial charge in [0.2, 0.25) is 0 Å². The van der Waals surface area contributed by atoms with Gasteiger partial charge in [-0.3, -0.25) is 0 Å². The molecule has 120 valence electrons. The van der Waals surface area contributed by atoms with E-state index in [2.05, 4.69) is 62.4 Å².